The molecule has 0 aliphatic carbocycles. The van der Waals surface area contributed by atoms with Crippen LogP contribution in [0.3, 0.4) is 0 Å². The lowest BCUT2D eigenvalue weighted by molar-refractivity contribution is -0.0166. The Hall–Kier alpha value is -0.800. The number of methoxy groups -OCH3 is 1. The highest BCUT2D eigenvalue weighted by Crippen LogP contribution is 2.32. The number of rotatable bonds is 5. The van der Waals surface area contributed by atoms with Gasteiger partial charge in [-0.05, 0) is 24.1 Å². The fraction of sp³-hybridized carbons (Fsp3) is 0.692. The molecule has 0 saturated heterocycles. The Morgan fingerprint density at radius 3 is 2.50 bits per heavy atom. The predicted octanol–water partition coefficient (Wildman–Crippen LogP) is 2.99. The summed E-state index contributed by atoms with van der Waals surface area (Å²) in [5, 5.41) is 3.42. The first-order chi connectivity index (χ1) is 7.50. The first kappa shape index (κ1) is 13.3. The largest absolute Gasteiger partial charge is 0.468 e. The Morgan fingerprint density at radius 1 is 1.44 bits per heavy atom. The maximum Gasteiger partial charge on any atom is 0.123 e. The minimum atomic E-state index is 0.0639. The molecule has 0 aliphatic rings. The smallest absolute Gasteiger partial charge is 0.123 e. The quantitative estimate of drug-likeness (QED) is 0.836. The van der Waals surface area contributed by atoms with Crippen molar-refractivity contribution in [2.75, 3.05) is 13.7 Å². The van der Waals surface area contributed by atoms with Crippen LogP contribution in [0.1, 0.15) is 39.5 Å². The zero-order valence-corrected chi connectivity index (χ0v) is 10.9. The monoisotopic (exact) mass is 225 g/mol. The maximum absolute atomic E-state index is 5.63. The van der Waals surface area contributed by atoms with Gasteiger partial charge in [-0.15, -0.1) is 0 Å². The van der Waals surface area contributed by atoms with Gasteiger partial charge in [0.2, 0.25) is 0 Å². The van der Waals surface area contributed by atoms with Crippen LogP contribution in [0.15, 0.2) is 22.8 Å². The van der Waals surface area contributed by atoms with Crippen LogP contribution in [-0.4, -0.2) is 19.8 Å². The van der Waals surface area contributed by atoms with Crippen LogP contribution < -0.4 is 5.32 Å². The molecule has 2 atom stereocenters. The van der Waals surface area contributed by atoms with Gasteiger partial charge in [0.05, 0.1) is 18.4 Å². The molecule has 16 heavy (non-hydrogen) atoms. The summed E-state index contributed by atoms with van der Waals surface area (Å²) in [6, 6.07) is 4.00. The van der Waals surface area contributed by atoms with Crippen LogP contribution in [0.5, 0.6) is 0 Å². The molecule has 0 bridgehead atoms. The highest BCUT2D eigenvalue weighted by molar-refractivity contribution is 5.08. The summed E-state index contributed by atoms with van der Waals surface area (Å²) < 4.78 is 11.1. The Morgan fingerprint density at radius 2 is 2.12 bits per heavy atom. The molecule has 1 aromatic heterocycles. The zero-order valence-electron chi connectivity index (χ0n) is 10.9. The average Bonchev–Trinajstić information content (AvgIpc) is 2.68. The molecule has 0 amide bonds. The third-order valence-corrected chi connectivity index (χ3v) is 2.68. The van der Waals surface area contributed by atoms with Crippen molar-refractivity contribution in [3.8, 4) is 0 Å². The summed E-state index contributed by atoms with van der Waals surface area (Å²) in [5.74, 6) is 0.934. The molecule has 0 fully saturated rings. The summed E-state index contributed by atoms with van der Waals surface area (Å²) >= 11 is 0. The molecule has 0 spiro atoms. The molecule has 3 heteroatoms. The van der Waals surface area contributed by atoms with Crippen molar-refractivity contribution < 1.29 is 9.15 Å². The molecule has 0 saturated carbocycles. The maximum atomic E-state index is 5.63. The lowest BCUT2D eigenvalue weighted by Crippen LogP contribution is -2.41. The highest BCUT2D eigenvalue weighted by Gasteiger charge is 2.34. The molecule has 0 aliphatic heterocycles. The van der Waals surface area contributed by atoms with Gasteiger partial charge in [0.1, 0.15) is 5.76 Å². The summed E-state index contributed by atoms with van der Waals surface area (Å²) in [4.78, 5) is 0. The fourth-order valence-corrected chi connectivity index (χ4v) is 2.03. The van der Waals surface area contributed by atoms with Gasteiger partial charge in [0.25, 0.3) is 0 Å². The predicted molar refractivity (Wildman–Crippen MR) is 65.4 cm³/mol. The van der Waals surface area contributed by atoms with Gasteiger partial charge in [-0.3, -0.25) is 0 Å². The van der Waals surface area contributed by atoms with Crippen molar-refractivity contribution in [2.45, 2.75) is 39.8 Å². The van der Waals surface area contributed by atoms with Crippen LogP contribution in [0.2, 0.25) is 0 Å². The molecule has 1 N–H and O–H groups in total. The lowest BCUT2D eigenvalue weighted by atomic mass is 9.83. The van der Waals surface area contributed by atoms with Crippen LogP contribution in [0.4, 0.5) is 0 Å². The number of likely N-dealkylation sites (N-methyl/N-ethyl adjacent to an activating group) is 1. The molecule has 2 unspecified atom stereocenters. The van der Waals surface area contributed by atoms with E-state index in [4.69, 9.17) is 9.15 Å². The average molecular weight is 225 g/mol. The molecule has 1 aromatic rings. The zero-order chi connectivity index (χ0) is 12.2. The molecule has 0 radical (unpaired) electrons. The van der Waals surface area contributed by atoms with Crippen molar-refractivity contribution in [1.29, 1.82) is 0 Å². The van der Waals surface area contributed by atoms with Crippen molar-refractivity contribution in [2.24, 2.45) is 5.41 Å². The number of ether oxygens (including phenoxy) is 1. The number of hydrogen-bond donors (Lipinski definition) is 1. The van der Waals surface area contributed by atoms with E-state index in [1.165, 1.54) is 0 Å². The SMILES string of the molecule is CCNC(c1ccco1)C(OC)C(C)(C)C. The second kappa shape index (κ2) is 5.51. The van der Waals surface area contributed by atoms with Gasteiger partial charge < -0.3 is 14.5 Å². The number of nitrogens with one attached hydrogen (secondary N) is 1. The summed E-state index contributed by atoms with van der Waals surface area (Å²) in [6.07, 6.45) is 1.79. The summed E-state index contributed by atoms with van der Waals surface area (Å²) in [7, 11) is 1.75. The molecular formula is C13H23NO2. The normalized spacial score (nSPS) is 16.1. The number of hydrogen-bond acceptors (Lipinski definition) is 3. The lowest BCUT2D eigenvalue weighted by Gasteiger charge is -2.35. The van der Waals surface area contributed by atoms with Crippen LogP contribution in [-0.2, 0) is 4.74 Å². The van der Waals surface area contributed by atoms with Crippen molar-refractivity contribution in [3.05, 3.63) is 24.2 Å². The third-order valence-electron chi connectivity index (χ3n) is 2.68. The van der Waals surface area contributed by atoms with Crippen LogP contribution in [0.25, 0.3) is 0 Å². The second-order valence-electron chi connectivity index (χ2n) is 5.07. The summed E-state index contributed by atoms with van der Waals surface area (Å²) in [5.41, 5.74) is 0.0639. The Bertz CT molecular complexity index is 287. The minimum Gasteiger partial charge on any atom is -0.468 e. The second-order valence-corrected chi connectivity index (χ2v) is 5.07. The van der Waals surface area contributed by atoms with Gasteiger partial charge in [-0.2, -0.15) is 0 Å². The first-order valence-corrected chi connectivity index (χ1v) is 5.80. The topological polar surface area (TPSA) is 34.4 Å². The Kier molecular flexibility index (Phi) is 4.56. The molecule has 3 nitrogen and oxygen atoms in total. The molecular weight excluding hydrogens is 202 g/mol. The van der Waals surface area contributed by atoms with Crippen molar-refractivity contribution in [1.82, 2.24) is 5.32 Å². The van der Waals surface area contributed by atoms with E-state index in [0.29, 0.717) is 0 Å². The standard InChI is InChI=1S/C13H23NO2/c1-6-14-11(10-8-7-9-16-10)12(15-5)13(2,3)4/h7-9,11-12,14H,6H2,1-5H3. The molecule has 0 aromatic carbocycles. The van der Waals surface area contributed by atoms with E-state index in [1.807, 2.05) is 12.1 Å². The van der Waals surface area contributed by atoms with E-state index >= 15 is 0 Å². The van der Waals surface area contributed by atoms with Crippen LogP contribution >= 0.6 is 0 Å². The van der Waals surface area contributed by atoms with E-state index < -0.39 is 0 Å². The Balaban J connectivity index is 2.92. The van der Waals surface area contributed by atoms with Crippen LogP contribution in [0, 0.1) is 5.41 Å². The Labute approximate surface area is 98.2 Å². The van der Waals surface area contributed by atoms with Gasteiger partial charge in [0.15, 0.2) is 0 Å². The van der Waals surface area contributed by atoms with Gasteiger partial charge in [-0.25, -0.2) is 0 Å². The summed E-state index contributed by atoms with van der Waals surface area (Å²) in [6.45, 7) is 9.50. The van der Waals surface area contributed by atoms with Crippen molar-refractivity contribution >= 4 is 0 Å². The van der Waals surface area contributed by atoms with Crippen molar-refractivity contribution in [3.63, 3.8) is 0 Å². The highest BCUT2D eigenvalue weighted by atomic mass is 16.5. The van der Waals surface area contributed by atoms with E-state index in [0.717, 1.165) is 12.3 Å². The fourth-order valence-electron chi connectivity index (χ4n) is 2.03. The van der Waals surface area contributed by atoms with E-state index in [2.05, 4.69) is 33.0 Å². The van der Waals surface area contributed by atoms with Gasteiger partial charge in [0, 0.05) is 7.11 Å². The minimum absolute atomic E-state index is 0.0639. The molecule has 92 valence electrons. The van der Waals surface area contributed by atoms with E-state index in [-0.39, 0.29) is 17.6 Å². The molecule has 1 heterocycles. The van der Waals surface area contributed by atoms with E-state index in [1.54, 1.807) is 13.4 Å². The van der Waals surface area contributed by atoms with Gasteiger partial charge in [-0.1, -0.05) is 27.7 Å². The first-order valence-electron chi connectivity index (χ1n) is 5.80. The third kappa shape index (κ3) is 3.09. The molecule has 1 rings (SSSR count). The number of furan rings is 1. The van der Waals surface area contributed by atoms with Gasteiger partial charge >= 0.3 is 0 Å². The van der Waals surface area contributed by atoms with E-state index in [9.17, 15) is 0 Å².